The highest BCUT2D eigenvalue weighted by atomic mass is 19.2. The van der Waals surface area contributed by atoms with Gasteiger partial charge in [-0.2, -0.15) is 5.10 Å². The molecule has 0 saturated heterocycles. The number of hydrogen-bond acceptors (Lipinski definition) is 4. The minimum absolute atomic E-state index is 0.187. The molecule has 0 fully saturated rings. The Morgan fingerprint density at radius 1 is 0.931 bits per heavy atom. The van der Waals surface area contributed by atoms with Crippen LogP contribution in [0, 0.1) is 11.6 Å². The molecule has 0 saturated carbocycles. The Morgan fingerprint density at radius 3 is 2.41 bits per heavy atom. The monoisotopic (exact) mass is 390 g/mol. The van der Waals surface area contributed by atoms with Crippen LogP contribution in [-0.2, 0) is 0 Å². The van der Waals surface area contributed by atoms with E-state index in [0.717, 1.165) is 17.0 Å². The van der Waals surface area contributed by atoms with Gasteiger partial charge in [-0.25, -0.2) is 18.4 Å². The van der Waals surface area contributed by atoms with E-state index in [9.17, 15) is 18.4 Å². The highest BCUT2D eigenvalue weighted by Gasteiger charge is 2.37. The number of carbonyl (C=O) groups is 2. The van der Waals surface area contributed by atoms with Gasteiger partial charge in [-0.1, -0.05) is 30.3 Å². The molecule has 1 aliphatic heterocycles. The first kappa shape index (κ1) is 17.2. The summed E-state index contributed by atoms with van der Waals surface area (Å²) in [5.74, 6) is -2.91. The van der Waals surface area contributed by atoms with Crippen molar-refractivity contribution in [2.45, 2.75) is 0 Å². The van der Waals surface area contributed by atoms with Crippen LogP contribution in [0.2, 0.25) is 0 Å². The number of pyridine rings is 1. The van der Waals surface area contributed by atoms with Gasteiger partial charge in [0.1, 0.15) is 5.69 Å². The lowest BCUT2D eigenvalue weighted by Crippen LogP contribution is -2.24. The van der Waals surface area contributed by atoms with Crippen molar-refractivity contribution in [3.8, 4) is 16.9 Å². The molecule has 0 bridgehead atoms. The molecular formula is C21H12F2N4O2. The summed E-state index contributed by atoms with van der Waals surface area (Å²) < 4.78 is 28.6. The molecule has 5 rings (SSSR count). The molecule has 0 spiro atoms. The van der Waals surface area contributed by atoms with Crippen LogP contribution in [0.25, 0.3) is 28.0 Å². The second kappa shape index (κ2) is 6.03. The highest BCUT2D eigenvalue weighted by molar-refractivity contribution is 6.27. The van der Waals surface area contributed by atoms with Gasteiger partial charge in [0.2, 0.25) is 0 Å². The summed E-state index contributed by atoms with van der Waals surface area (Å²) in [5, 5.41) is 4.94. The molecule has 2 aromatic carbocycles. The molecule has 4 aromatic rings. The number of amides is 2. The van der Waals surface area contributed by atoms with Crippen molar-refractivity contribution in [2.24, 2.45) is 0 Å². The molecule has 0 atom stereocenters. The lowest BCUT2D eigenvalue weighted by molar-refractivity contribution is 0.0693. The molecule has 0 N–H and O–H groups in total. The molecule has 0 unspecified atom stereocenters. The third kappa shape index (κ3) is 2.39. The molecule has 29 heavy (non-hydrogen) atoms. The summed E-state index contributed by atoms with van der Waals surface area (Å²) in [4.78, 5) is 30.5. The highest BCUT2D eigenvalue weighted by Crippen LogP contribution is 2.36. The molecule has 0 radical (unpaired) electrons. The van der Waals surface area contributed by atoms with E-state index in [0.29, 0.717) is 16.6 Å². The van der Waals surface area contributed by atoms with Crippen molar-refractivity contribution in [1.82, 2.24) is 19.7 Å². The number of aromatic nitrogens is 3. The second-order valence-corrected chi connectivity index (χ2v) is 6.64. The number of hydrogen-bond donors (Lipinski definition) is 0. The molecule has 0 aliphatic carbocycles. The number of fused-ring (bicyclic) bond motifs is 3. The van der Waals surface area contributed by atoms with Crippen molar-refractivity contribution < 1.29 is 18.4 Å². The fourth-order valence-electron chi connectivity index (χ4n) is 3.50. The SMILES string of the molecule is CN1C(=O)c2cnc3c(c(-c4ccccc4)nn3-c3ccc(F)c(F)c3)c2C1=O. The van der Waals surface area contributed by atoms with Gasteiger partial charge < -0.3 is 0 Å². The molecule has 2 amide bonds. The van der Waals surface area contributed by atoms with E-state index >= 15 is 0 Å². The van der Waals surface area contributed by atoms with Gasteiger partial charge in [-0.05, 0) is 12.1 Å². The molecule has 2 aromatic heterocycles. The van der Waals surface area contributed by atoms with Crippen molar-refractivity contribution >= 4 is 22.8 Å². The molecule has 8 heteroatoms. The minimum Gasteiger partial charge on any atom is -0.277 e. The van der Waals surface area contributed by atoms with Gasteiger partial charge >= 0.3 is 0 Å². The smallest absolute Gasteiger partial charge is 0.262 e. The zero-order valence-corrected chi connectivity index (χ0v) is 15.1. The lowest BCUT2D eigenvalue weighted by atomic mass is 10.0. The Balaban J connectivity index is 1.89. The first-order chi connectivity index (χ1) is 14.0. The first-order valence-corrected chi connectivity index (χ1v) is 8.72. The van der Waals surface area contributed by atoms with E-state index in [-0.39, 0.29) is 22.5 Å². The van der Waals surface area contributed by atoms with E-state index in [1.165, 1.54) is 24.0 Å². The van der Waals surface area contributed by atoms with Gasteiger partial charge in [0, 0.05) is 24.9 Å². The van der Waals surface area contributed by atoms with Crippen LogP contribution in [-0.4, -0.2) is 38.5 Å². The zero-order chi connectivity index (χ0) is 20.3. The molecule has 6 nitrogen and oxygen atoms in total. The summed E-state index contributed by atoms with van der Waals surface area (Å²) >= 11 is 0. The normalized spacial score (nSPS) is 13.4. The topological polar surface area (TPSA) is 68.1 Å². The predicted octanol–water partition coefficient (Wildman–Crippen LogP) is 3.59. The minimum atomic E-state index is -1.03. The third-order valence-corrected chi connectivity index (χ3v) is 4.94. The molecule has 3 heterocycles. The number of imide groups is 1. The largest absolute Gasteiger partial charge is 0.277 e. The fourth-order valence-corrected chi connectivity index (χ4v) is 3.50. The second-order valence-electron chi connectivity index (χ2n) is 6.64. The first-order valence-electron chi connectivity index (χ1n) is 8.72. The molecule has 1 aliphatic rings. The van der Waals surface area contributed by atoms with Crippen molar-refractivity contribution in [2.75, 3.05) is 7.05 Å². The van der Waals surface area contributed by atoms with Gasteiger partial charge in [0.15, 0.2) is 17.3 Å². The lowest BCUT2D eigenvalue weighted by Gasteiger charge is -2.04. The van der Waals surface area contributed by atoms with Crippen molar-refractivity contribution in [3.63, 3.8) is 0 Å². The van der Waals surface area contributed by atoms with E-state index in [2.05, 4.69) is 10.1 Å². The standard InChI is InChI=1S/C21H12F2N4O2/c1-26-20(28)13-10-24-19-17(16(13)21(26)29)18(11-5-3-2-4-6-11)25-27(19)12-7-8-14(22)15(23)9-12/h2-10H,1H3. The van der Waals surface area contributed by atoms with E-state index < -0.39 is 23.4 Å². The summed E-state index contributed by atoms with van der Waals surface area (Å²) in [5.41, 5.74) is 2.02. The van der Waals surface area contributed by atoms with Gasteiger partial charge in [0.25, 0.3) is 11.8 Å². The van der Waals surface area contributed by atoms with Crippen LogP contribution in [0.3, 0.4) is 0 Å². The van der Waals surface area contributed by atoms with Gasteiger partial charge in [-0.15, -0.1) is 0 Å². The van der Waals surface area contributed by atoms with Crippen molar-refractivity contribution in [3.05, 3.63) is 77.5 Å². The van der Waals surface area contributed by atoms with Crippen molar-refractivity contribution in [1.29, 1.82) is 0 Å². The maximum Gasteiger partial charge on any atom is 0.262 e. The van der Waals surface area contributed by atoms with Crippen LogP contribution in [0.1, 0.15) is 20.7 Å². The Morgan fingerprint density at radius 2 is 1.69 bits per heavy atom. The van der Waals surface area contributed by atoms with Crippen LogP contribution in [0.5, 0.6) is 0 Å². The zero-order valence-electron chi connectivity index (χ0n) is 15.1. The predicted molar refractivity (Wildman–Crippen MR) is 101 cm³/mol. The fraction of sp³-hybridized carbons (Fsp3) is 0.0476. The third-order valence-electron chi connectivity index (χ3n) is 4.94. The number of nitrogens with zero attached hydrogens (tertiary/aromatic N) is 4. The number of rotatable bonds is 2. The Kier molecular flexibility index (Phi) is 3.57. The van der Waals surface area contributed by atoms with E-state index in [4.69, 9.17) is 0 Å². The van der Waals surface area contributed by atoms with Gasteiger partial charge in [-0.3, -0.25) is 14.5 Å². The van der Waals surface area contributed by atoms with Gasteiger partial charge in [0.05, 0.1) is 22.2 Å². The average Bonchev–Trinajstić information content (AvgIpc) is 3.22. The summed E-state index contributed by atoms with van der Waals surface area (Å²) in [6, 6.07) is 12.4. The quantitative estimate of drug-likeness (QED) is 0.491. The molecular weight excluding hydrogens is 378 g/mol. The van der Waals surface area contributed by atoms with Crippen LogP contribution in [0.15, 0.2) is 54.7 Å². The average molecular weight is 390 g/mol. The number of benzene rings is 2. The van der Waals surface area contributed by atoms with Crippen LogP contribution >= 0.6 is 0 Å². The van der Waals surface area contributed by atoms with Crippen LogP contribution in [0.4, 0.5) is 8.78 Å². The Hall–Kier alpha value is -3.94. The number of halogens is 2. The maximum absolute atomic E-state index is 13.8. The summed E-state index contributed by atoms with van der Waals surface area (Å²) in [7, 11) is 1.40. The van der Waals surface area contributed by atoms with Crippen LogP contribution < -0.4 is 0 Å². The summed E-state index contributed by atoms with van der Waals surface area (Å²) in [6.45, 7) is 0. The Bertz CT molecular complexity index is 1330. The Labute approximate surface area is 163 Å². The number of carbonyl (C=O) groups excluding carboxylic acids is 2. The van der Waals surface area contributed by atoms with E-state index in [1.807, 2.05) is 30.3 Å². The molecule has 142 valence electrons. The summed E-state index contributed by atoms with van der Waals surface area (Å²) in [6.07, 6.45) is 1.31. The van der Waals surface area contributed by atoms with E-state index in [1.54, 1.807) is 0 Å². The maximum atomic E-state index is 13.8.